The lowest BCUT2D eigenvalue weighted by Gasteiger charge is -2.25. The molecule has 1 N–H and O–H groups in total. The number of nitrogens with one attached hydrogen (secondary N) is 1. The number of rotatable bonds is 4. The summed E-state index contributed by atoms with van der Waals surface area (Å²) in [6.07, 6.45) is 0.912. The lowest BCUT2D eigenvalue weighted by Crippen LogP contribution is -2.44. The van der Waals surface area contributed by atoms with E-state index in [-0.39, 0.29) is 24.4 Å². The molecule has 4 heteroatoms. The molecule has 0 saturated heterocycles. The highest BCUT2D eigenvalue weighted by molar-refractivity contribution is 5.87. The van der Waals surface area contributed by atoms with Gasteiger partial charge in [-0.15, -0.1) is 0 Å². The Hall–Kier alpha value is -1.06. The SMILES string of the molecule is CCC(C)N(C)C(=O)CNC(=O)C(C)(C)C. The second-order valence-electron chi connectivity index (χ2n) is 5.19. The minimum Gasteiger partial charge on any atom is -0.347 e. The van der Waals surface area contributed by atoms with Crippen LogP contribution in [0.2, 0.25) is 0 Å². The van der Waals surface area contributed by atoms with Crippen molar-refractivity contribution >= 4 is 11.8 Å². The van der Waals surface area contributed by atoms with Gasteiger partial charge in [0.2, 0.25) is 11.8 Å². The van der Waals surface area contributed by atoms with Crippen LogP contribution in [-0.2, 0) is 9.59 Å². The summed E-state index contributed by atoms with van der Waals surface area (Å²) in [5, 5.41) is 2.65. The van der Waals surface area contributed by atoms with Crippen molar-refractivity contribution in [3.8, 4) is 0 Å². The third-order valence-corrected chi connectivity index (χ3v) is 2.73. The monoisotopic (exact) mass is 228 g/mol. The molecule has 0 bridgehead atoms. The van der Waals surface area contributed by atoms with Gasteiger partial charge >= 0.3 is 0 Å². The molecular formula is C12H24N2O2. The van der Waals surface area contributed by atoms with Crippen molar-refractivity contribution in [2.75, 3.05) is 13.6 Å². The summed E-state index contributed by atoms with van der Waals surface area (Å²) >= 11 is 0. The van der Waals surface area contributed by atoms with Crippen LogP contribution in [0.25, 0.3) is 0 Å². The predicted molar refractivity (Wildman–Crippen MR) is 65.0 cm³/mol. The first kappa shape index (κ1) is 14.9. The minimum absolute atomic E-state index is 0.0491. The average molecular weight is 228 g/mol. The summed E-state index contributed by atoms with van der Waals surface area (Å²) in [5.41, 5.74) is -0.449. The summed E-state index contributed by atoms with van der Waals surface area (Å²) in [6, 6.07) is 0.207. The van der Waals surface area contributed by atoms with Crippen LogP contribution in [0.3, 0.4) is 0 Å². The summed E-state index contributed by atoms with van der Waals surface area (Å²) in [6.45, 7) is 9.57. The van der Waals surface area contributed by atoms with Crippen LogP contribution in [0, 0.1) is 5.41 Å². The molecule has 0 rings (SSSR count). The number of carbonyl (C=O) groups is 2. The molecule has 4 nitrogen and oxygen atoms in total. The van der Waals surface area contributed by atoms with Gasteiger partial charge in [0.25, 0.3) is 0 Å². The van der Waals surface area contributed by atoms with Gasteiger partial charge in [-0.1, -0.05) is 27.7 Å². The van der Waals surface area contributed by atoms with Gasteiger partial charge in [-0.05, 0) is 13.3 Å². The average Bonchev–Trinajstić information content (AvgIpc) is 2.21. The first-order valence-electron chi connectivity index (χ1n) is 5.74. The Balaban J connectivity index is 4.13. The van der Waals surface area contributed by atoms with Gasteiger partial charge in [0.1, 0.15) is 0 Å². The van der Waals surface area contributed by atoms with Gasteiger partial charge < -0.3 is 10.2 Å². The third kappa shape index (κ3) is 4.64. The van der Waals surface area contributed by atoms with E-state index in [1.54, 1.807) is 11.9 Å². The van der Waals surface area contributed by atoms with E-state index in [1.165, 1.54) is 0 Å². The molecule has 0 radical (unpaired) electrons. The molecule has 1 atom stereocenters. The Labute approximate surface area is 98.4 Å². The maximum Gasteiger partial charge on any atom is 0.241 e. The number of carbonyl (C=O) groups excluding carboxylic acids is 2. The van der Waals surface area contributed by atoms with Crippen molar-refractivity contribution in [3.63, 3.8) is 0 Å². The number of hydrogen-bond donors (Lipinski definition) is 1. The lowest BCUT2D eigenvalue weighted by atomic mass is 9.96. The van der Waals surface area contributed by atoms with Gasteiger partial charge in [-0.25, -0.2) is 0 Å². The predicted octanol–water partition coefficient (Wildman–Crippen LogP) is 1.41. The van der Waals surface area contributed by atoms with E-state index in [0.29, 0.717) is 0 Å². The minimum atomic E-state index is -0.449. The maximum absolute atomic E-state index is 11.7. The first-order valence-corrected chi connectivity index (χ1v) is 5.74. The standard InChI is InChI=1S/C12H24N2O2/c1-7-9(2)14(6)10(15)8-13-11(16)12(3,4)5/h9H,7-8H2,1-6H3,(H,13,16). The van der Waals surface area contributed by atoms with Crippen LogP contribution in [0.1, 0.15) is 41.0 Å². The van der Waals surface area contributed by atoms with Crippen LogP contribution < -0.4 is 5.32 Å². The quantitative estimate of drug-likeness (QED) is 0.791. The molecule has 1 unspecified atom stereocenters. The Morgan fingerprint density at radius 2 is 1.81 bits per heavy atom. The van der Waals surface area contributed by atoms with E-state index in [2.05, 4.69) is 5.32 Å². The molecule has 2 amide bonds. The summed E-state index contributed by atoms with van der Waals surface area (Å²) in [4.78, 5) is 24.9. The molecule has 16 heavy (non-hydrogen) atoms. The van der Waals surface area contributed by atoms with Crippen LogP contribution in [0.4, 0.5) is 0 Å². The molecule has 0 aromatic rings. The number of amides is 2. The molecule has 0 aliphatic rings. The molecule has 0 fully saturated rings. The molecule has 0 saturated carbocycles. The van der Waals surface area contributed by atoms with Crippen molar-refractivity contribution in [1.29, 1.82) is 0 Å². The van der Waals surface area contributed by atoms with E-state index in [1.807, 2.05) is 34.6 Å². The fourth-order valence-electron chi connectivity index (χ4n) is 1.07. The second-order valence-corrected chi connectivity index (χ2v) is 5.19. The topological polar surface area (TPSA) is 49.4 Å². The summed E-state index contributed by atoms with van der Waals surface area (Å²) in [7, 11) is 1.76. The van der Waals surface area contributed by atoms with Gasteiger partial charge in [0.05, 0.1) is 6.54 Å². The van der Waals surface area contributed by atoms with Crippen molar-refractivity contribution < 1.29 is 9.59 Å². The third-order valence-electron chi connectivity index (χ3n) is 2.73. The molecule has 0 spiro atoms. The zero-order chi connectivity index (χ0) is 12.9. The number of likely N-dealkylation sites (N-methyl/N-ethyl adjacent to an activating group) is 1. The fraction of sp³-hybridized carbons (Fsp3) is 0.833. The number of hydrogen-bond acceptors (Lipinski definition) is 2. The van der Waals surface area contributed by atoms with Gasteiger partial charge in [-0.2, -0.15) is 0 Å². The summed E-state index contributed by atoms with van der Waals surface area (Å²) in [5.74, 6) is -0.148. The Bertz CT molecular complexity index is 256. The van der Waals surface area contributed by atoms with Crippen molar-refractivity contribution in [2.45, 2.75) is 47.1 Å². The molecule has 0 aliphatic carbocycles. The van der Waals surface area contributed by atoms with E-state index in [4.69, 9.17) is 0 Å². The summed E-state index contributed by atoms with van der Waals surface area (Å²) < 4.78 is 0. The molecule has 0 aromatic carbocycles. The van der Waals surface area contributed by atoms with Gasteiger partial charge in [0.15, 0.2) is 0 Å². The van der Waals surface area contributed by atoms with E-state index in [0.717, 1.165) is 6.42 Å². The lowest BCUT2D eigenvalue weighted by molar-refractivity contribution is -0.135. The maximum atomic E-state index is 11.7. The van der Waals surface area contributed by atoms with Crippen LogP contribution >= 0.6 is 0 Å². The molecular weight excluding hydrogens is 204 g/mol. The zero-order valence-electron chi connectivity index (χ0n) is 11.3. The van der Waals surface area contributed by atoms with Gasteiger partial charge in [0, 0.05) is 18.5 Å². The van der Waals surface area contributed by atoms with E-state index in [9.17, 15) is 9.59 Å². The largest absolute Gasteiger partial charge is 0.347 e. The fourth-order valence-corrected chi connectivity index (χ4v) is 1.07. The smallest absolute Gasteiger partial charge is 0.241 e. The van der Waals surface area contributed by atoms with Crippen LogP contribution in [0.5, 0.6) is 0 Å². The Kier molecular flexibility index (Phi) is 5.48. The first-order chi connectivity index (χ1) is 7.20. The highest BCUT2D eigenvalue weighted by Crippen LogP contribution is 2.12. The highest BCUT2D eigenvalue weighted by Gasteiger charge is 2.22. The normalized spacial score (nSPS) is 13.1. The number of nitrogens with zero attached hydrogens (tertiary/aromatic N) is 1. The van der Waals surface area contributed by atoms with Crippen molar-refractivity contribution in [2.24, 2.45) is 5.41 Å². The molecule has 0 heterocycles. The Morgan fingerprint density at radius 3 is 2.19 bits per heavy atom. The molecule has 0 aromatic heterocycles. The van der Waals surface area contributed by atoms with Crippen molar-refractivity contribution in [1.82, 2.24) is 10.2 Å². The van der Waals surface area contributed by atoms with E-state index >= 15 is 0 Å². The van der Waals surface area contributed by atoms with Crippen LogP contribution in [0.15, 0.2) is 0 Å². The highest BCUT2D eigenvalue weighted by atomic mass is 16.2. The second kappa shape index (κ2) is 5.87. The molecule has 0 aliphatic heterocycles. The van der Waals surface area contributed by atoms with Crippen molar-refractivity contribution in [3.05, 3.63) is 0 Å². The zero-order valence-corrected chi connectivity index (χ0v) is 11.3. The van der Waals surface area contributed by atoms with Crippen LogP contribution in [-0.4, -0.2) is 36.3 Å². The molecule has 94 valence electrons. The van der Waals surface area contributed by atoms with Gasteiger partial charge in [-0.3, -0.25) is 9.59 Å². The Morgan fingerprint density at radius 1 is 1.31 bits per heavy atom. The van der Waals surface area contributed by atoms with E-state index < -0.39 is 5.41 Å².